The number of amides is 1. The summed E-state index contributed by atoms with van der Waals surface area (Å²) in [5.41, 5.74) is 2.78. The second kappa shape index (κ2) is 11.1. The lowest BCUT2D eigenvalue weighted by atomic mass is 10.0. The summed E-state index contributed by atoms with van der Waals surface area (Å²) in [4.78, 5) is 22.4. The van der Waals surface area contributed by atoms with Gasteiger partial charge in [0, 0.05) is 57.9 Å². The van der Waals surface area contributed by atoms with Crippen LogP contribution < -0.4 is 10.2 Å². The van der Waals surface area contributed by atoms with E-state index in [-0.39, 0.29) is 10.8 Å². The first kappa shape index (κ1) is 26.1. The maximum atomic E-state index is 12.9. The van der Waals surface area contributed by atoms with Gasteiger partial charge >= 0.3 is 0 Å². The first-order valence-electron chi connectivity index (χ1n) is 13.0. The third-order valence-corrected chi connectivity index (χ3v) is 10.3. The Bertz CT molecular complexity index is 1350. The van der Waals surface area contributed by atoms with Gasteiger partial charge in [-0.15, -0.1) is 0 Å². The van der Waals surface area contributed by atoms with E-state index in [0.29, 0.717) is 31.1 Å². The molecule has 37 heavy (non-hydrogen) atoms. The van der Waals surface area contributed by atoms with Gasteiger partial charge in [0.1, 0.15) is 0 Å². The number of piperazine rings is 1. The van der Waals surface area contributed by atoms with E-state index in [9.17, 15) is 13.2 Å². The van der Waals surface area contributed by atoms with E-state index in [1.165, 1.54) is 10.3 Å². The summed E-state index contributed by atoms with van der Waals surface area (Å²) in [5.74, 6) is 0.187. The lowest BCUT2D eigenvalue weighted by Gasteiger charge is -2.34. The van der Waals surface area contributed by atoms with Crippen molar-refractivity contribution in [3.63, 3.8) is 0 Å². The molecule has 0 bridgehead atoms. The minimum Gasteiger partial charge on any atom is -0.351 e. The first-order chi connectivity index (χ1) is 17.8. The van der Waals surface area contributed by atoms with Crippen LogP contribution in [0.5, 0.6) is 0 Å². The molecule has 0 aliphatic carbocycles. The predicted molar refractivity (Wildman–Crippen MR) is 149 cm³/mol. The van der Waals surface area contributed by atoms with Crippen molar-refractivity contribution in [1.29, 1.82) is 0 Å². The van der Waals surface area contributed by atoms with Crippen LogP contribution in [-0.4, -0.2) is 80.9 Å². The zero-order valence-electron chi connectivity index (χ0n) is 21.5. The van der Waals surface area contributed by atoms with E-state index in [4.69, 9.17) is 4.98 Å². The van der Waals surface area contributed by atoms with Gasteiger partial charge in [0.05, 0.1) is 15.1 Å². The standard InChI is InChI=1S/C27H35N5O3S2/c1-20-5-4-13-32(19-20)37(34,35)23-10-8-22(9-11-23)26(33)28-12-14-30-15-17-31(18-16-30)27-29-25-21(2)6-3-7-24(25)36-27/h3,6-11,20H,4-5,12-19H2,1-2H3,(H,28,33). The highest BCUT2D eigenvalue weighted by Crippen LogP contribution is 2.31. The van der Waals surface area contributed by atoms with Gasteiger partial charge in [-0.1, -0.05) is 30.4 Å². The third-order valence-electron chi connectivity index (χ3n) is 7.34. The van der Waals surface area contributed by atoms with Gasteiger partial charge in [-0.05, 0) is 61.6 Å². The molecule has 1 aromatic heterocycles. The normalized spacial score (nSPS) is 19.8. The van der Waals surface area contributed by atoms with Crippen LogP contribution in [0.3, 0.4) is 0 Å². The third kappa shape index (κ3) is 5.82. The molecular weight excluding hydrogens is 506 g/mol. The molecule has 2 saturated heterocycles. The van der Waals surface area contributed by atoms with E-state index in [1.807, 2.05) is 0 Å². The molecule has 3 heterocycles. The van der Waals surface area contributed by atoms with Crippen molar-refractivity contribution in [2.45, 2.75) is 31.6 Å². The van der Waals surface area contributed by atoms with Crippen molar-refractivity contribution >= 4 is 42.6 Å². The first-order valence-corrected chi connectivity index (χ1v) is 15.3. The second-order valence-corrected chi connectivity index (χ2v) is 13.1. The molecule has 2 aliphatic rings. The lowest BCUT2D eigenvalue weighted by Crippen LogP contribution is -2.48. The van der Waals surface area contributed by atoms with Crippen LogP contribution in [0.15, 0.2) is 47.4 Å². The summed E-state index contributed by atoms with van der Waals surface area (Å²) in [6.45, 7) is 10.3. The maximum Gasteiger partial charge on any atom is 0.251 e. The Balaban J connectivity index is 1.08. The Labute approximate surface area is 223 Å². The summed E-state index contributed by atoms with van der Waals surface area (Å²) in [6.07, 6.45) is 1.95. The van der Waals surface area contributed by atoms with Crippen LogP contribution in [0.2, 0.25) is 0 Å². The molecule has 0 radical (unpaired) electrons. The predicted octanol–water partition coefficient (Wildman–Crippen LogP) is 3.58. The SMILES string of the molecule is Cc1cccc2sc(N3CCN(CCNC(=O)c4ccc(S(=O)(=O)N5CCCC(C)C5)cc4)CC3)nc12. The van der Waals surface area contributed by atoms with Gasteiger partial charge < -0.3 is 10.2 Å². The molecule has 1 atom stereocenters. The molecule has 10 heteroatoms. The molecule has 1 amide bonds. The molecule has 5 rings (SSSR count). The Morgan fingerprint density at radius 3 is 2.54 bits per heavy atom. The Morgan fingerprint density at radius 1 is 1.08 bits per heavy atom. The highest BCUT2D eigenvalue weighted by molar-refractivity contribution is 7.89. The van der Waals surface area contributed by atoms with Crippen molar-refractivity contribution in [2.24, 2.45) is 5.92 Å². The molecule has 1 unspecified atom stereocenters. The summed E-state index contributed by atoms with van der Waals surface area (Å²) >= 11 is 1.75. The number of hydrogen-bond donors (Lipinski definition) is 1. The average molecular weight is 542 g/mol. The second-order valence-electron chi connectivity index (χ2n) is 10.1. The van der Waals surface area contributed by atoms with Gasteiger partial charge in [-0.3, -0.25) is 9.69 Å². The fourth-order valence-corrected chi connectivity index (χ4v) is 7.79. The van der Waals surface area contributed by atoms with Gasteiger partial charge in [0.25, 0.3) is 5.91 Å². The van der Waals surface area contributed by atoms with Crippen molar-refractivity contribution in [3.8, 4) is 0 Å². The number of carbonyl (C=O) groups is 1. The Hall–Kier alpha value is -2.53. The smallest absolute Gasteiger partial charge is 0.251 e. The summed E-state index contributed by atoms with van der Waals surface area (Å²) in [5, 5.41) is 4.06. The van der Waals surface area contributed by atoms with Crippen molar-refractivity contribution in [1.82, 2.24) is 19.5 Å². The number of aromatic nitrogens is 1. The monoisotopic (exact) mass is 541 g/mol. The molecule has 2 aliphatic heterocycles. The number of hydrogen-bond acceptors (Lipinski definition) is 7. The van der Waals surface area contributed by atoms with Crippen LogP contribution >= 0.6 is 11.3 Å². The van der Waals surface area contributed by atoms with E-state index < -0.39 is 10.0 Å². The molecule has 2 fully saturated rings. The fourth-order valence-electron chi connectivity index (χ4n) is 5.09. The minimum absolute atomic E-state index is 0.181. The number of piperidine rings is 1. The molecule has 0 saturated carbocycles. The molecule has 1 N–H and O–H groups in total. The number of sulfonamides is 1. The number of rotatable bonds is 7. The fraction of sp³-hybridized carbons (Fsp3) is 0.481. The molecule has 3 aromatic rings. The quantitative estimate of drug-likeness (QED) is 0.492. The average Bonchev–Trinajstić information content (AvgIpc) is 3.35. The zero-order chi connectivity index (χ0) is 26.0. The van der Waals surface area contributed by atoms with Crippen LogP contribution in [0.4, 0.5) is 5.13 Å². The number of thiazole rings is 1. The number of anilines is 1. The molecular formula is C27H35N5O3S2. The van der Waals surface area contributed by atoms with E-state index in [2.05, 4.69) is 47.2 Å². The molecule has 2 aromatic carbocycles. The summed E-state index contributed by atoms with van der Waals surface area (Å²) < 4.78 is 28.7. The number of benzene rings is 2. The maximum absolute atomic E-state index is 12.9. The molecule has 8 nitrogen and oxygen atoms in total. The van der Waals surface area contributed by atoms with Gasteiger partial charge in [0.15, 0.2) is 5.13 Å². The number of aryl methyl sites for hydroxylation is 1. The van der Waals surface area contributed by atoms with Crippen molar-refractivity contribution in [3.05, 3.63) is 53.6 Å². The highest BCUT2D eigenvalue weighted by atomic mass is 32.2. The topological polar surface area (TPSA) is 85.8 Å². The Morgan fingerprint density at radius 2 is 1.84 bits per heavy atom. The van der Waals surface area contributed by atoms with Gasteiger partial charge in [-0.2, -0.15) is 4.31 Å². The van der Waals surface area contributed by atoms with E-state index in [1.54, 1.807) is 39.9 Å². The van der Waals surface area contributed by atoms with Crippen LogP contribution in [0.1, 0.15) is 35.7 Å². The largest absolute Gasteiger partial charge is 0.351 e. The number of carbonyl (C=O) groups excluding carboxylic acids is 1. The number of nitrogens with zero attached hydrogens (tertiary/aromatic N) is 4. The van der Waals surface area contributed by atoms with Crippen LogP contribution in [-0.2, 0) is 10.0 Å². The minimum atomic E-state index is -3.52. The number of nitrogens with one attached hydrogen (secondary N) is 1. The lowest BCUT2D eigenvalue weighted by molar-refractivity contribution is 0.0947. The molecule has 198 valence electrons. The van der Waals surface area contributed by atoms with Gasteiger partial charge in [-0.25, -0.2) is 13.4 Å². The zero-order valence-corrected chi connectivity index (χ0v) is 23.2. The molecule has 0 spiro atoms. The Kier molecular flexibility index (Phi) is 7.80. The number of fused-ring (bicyclic) bond motifs is 1. The van der Waals surface area contributed by atoms with Gasteiger partial charge in [0.2, 0.25) is 10.0 Å². The van der Waals surface area contributed by atoms with Crippen LogP contribution in [0, 0.1) is 12.8 Å². The van der Waals surface area contributed by atoms with Crippen molar-refractivity contribution in [2.75, 3.05) is 57.3 Å². The summed E-state index contributed by atoms with van der Waals surface area (Å²) in [6, 6.07) is 12.6. The van der Waals surface area contributed by atoms with Crippen LogP contribution in [0.25, 0.3) is 10.2 Å². The van der Waals surface area contributed by atoms with E-state index >= 15 is 0 Å². The van der Waals surface area contributed by atoms with E-state index in [0.717, 1.165) is 56.2 Å². The highest BCUT2D eigenvalue weighted by Gasteiger charge is 2.28. The number of para-hydroxylation sites is 1. The van der Waals surface area contributed by atoms with Crippen molar-refractivity contribution < 1.29 is 13.2 Å². The summed E-state index contributed by atoms with van der Waals surface area (Å²) in [7, 11) is -3.52.